The molecular formula is C36H20N2OS. The Morgan fingerprint density at radius 3 is 2.00 bits per heavy atom. The summed E-state index contributed by atoms with van der Waals surface area (Å²) in [5, 5.41) is 7.43. The van der Waals surface area contributed by atoms with Crippen molar-refractivity contribution in [2.24, 2.45) is 0 Å². The smallest absolute Gasteiger partial charge is 0.159 e. The third-order valence-corrected chi connectivity index (χ3v) is 9.58. The van der Waals surface area contributed by atoms with E-state index in [9.17, 15) is 0 Å². The Labute approximate surface area is 232 Å². The molecule has 4 heteroatoms. The fourth-order valence-corrected chi connectivity index (χ4v) is 8.03. The number of rotatable bonds is 1. The van der Waals surface area contributed by atoms with Crippen molar-refractivity contribution >= 4 is 77.3 Å². The van der Waals surface area contributed by atoms with Gasteiger partial charge in [0.05, 0.1) is 33.4 Å². The van der Waals surface area contributed by atoms with Crippen LogP contribution in [0, 0.1) is 0 Å². The minimum atomic E-state index is 0.915. The van der Waals surface area contributed by atoms with Crippen molar-refractivity contribution in [1.82, 2.24) is 9.13 Å². The fraction of sp³-hybridized carbons (Fsp3) is 0. The minimum absolute atomic E-state index is 0.915. The molecule has 9 aromatic rings. The van der Waals surface area contributed by atoms with Crippen LogP contribution in [0.15, 0.2) is 136 Å². The predicted molar refractivity (Wildman–Crippen MR) is 167 cm³/mol. The second kappa shape index (κ2) is 7.38. The van der Waals surface area contributed by atoms with Crippen molar-refractivity contribution < 1.29 is 4.42 Å². The van der Waals surface area contributed by atoms with Gasteiger partial charge in [0.2, 0.25) is 0 Å². The highest BCUT2D eigenvalue weighted by Crippen LogP contribution is 2.51. The average Bonchev–Trinajstić information content (AvgIpc) is 3.66. The Morgan fingerprint density at radius 2 is 1.12 bits per heavy atom. The summed E-state index contributed by atoms with van der Waals surface area (Å²) in [6, 6.07) is 43.6. The van der Waals surface area contributed by atoms with E-state index in [0.29, 0.717) is 0 Å². The van der Waals surface area contributed by atoms with E-state index in [1.54, 1.807) is 0 Å². The number of hydrogen-bond acceptors (Lipinski definition) is 2. The molecule has 40 heavy (non-hydrogen) atoms. The van der Waals surface area contributed by atoms with Crippen LogP contribution in [0.25, 0.3) is 76.9 Å². The zero-order valence-corrected chi connectivity index (χ0v) is 22.1. The number of furan rings is 1. The first kappa shape index (κ1) is 21.0. The topological polar surface area (TPSA) is 23.0 Å². The van der Waals surface area contributed by atoms with Crippen LogP contribution in [-0.2, 0) is 0 Å². The Kier molecular flexibility index (Phi) is 3.87. The molecule has 0 aliphatic carbocycles. The van der Waals surface area contributed by atoms with Gasteiger partial charge in [-0.2, -0.15) is 0 Å². The van der Waals surface area contributed by atoms with Gasteiger partial charge >= 0.3 is 0 Å². The van der Waals surface area contributed by atoms with E-state index in [4.69, 9.17) is 4.42 Å². The van der Waals surface area contributed by atoms with Gasteiger partial charge in [-0.1, -0.05) is 90.6 Å². The third kappa shape index (κ3) is 2.48. The van der Waals surface area contributed by atoms with Crippen molar-refractivity contribution in [2.45, 2.75) is 9.79 Å². The first-order valence-electron chi connectivity index (χ1n) is 13.5. The van der Waals surface area contributed by atoms with E-state index in [0.717, 1.165) is 27.6 Å². The first-order valence-corrected chi connectivity index (χ1v) is 14.4. The molecule has 1 aliphatic heterocycles. The van der Waals surface area contributed by atoms with E-state index in [1.165, 1.54) is 59.1 Å². The summed E-state index contributed by atoms with van der Waals surface area (Å²) in [7, 11) is 0. The summed E-state index contributed by atoms with van der Waals surface area (Å²) in [6.07, 6.45) is 0. The molecular weight excluding hydrogens is 508 g/mol. The number of nitrogens with zero attached hydrogens (tertiary/aromatic N) is 2. The van der Waals surface area contributed by atoms with Gasteiger partial charge < -0.3 is 13.6 Å². The van der Waals surface area contributed by atoms with Crippen LogP contribution in [0.5, 0.6) is 0 Å². The molecule has 6 aromatic carbocycles. The van der Waals surface area contributed by atoms with Crippen LogP contribution in [0.1, 0.15) is 0 Å². The quantitative estimate of drug-likeness (QED) is 0.212. The van der Waals surface area contributed by atoms with Crippen LogP contribution < -0.4 is 0 Å². The maximum atomic E-state index is 6.55. The van der Waals surface area contributed by atoms with Crippen LogP contribution in [-0.4, -0.2) is 9.13 Å². The number of benzene rings is 6. The summed E-state index contributed by atoms with van der Waals surface area (Å²) in [6.45, 7) is 0. The molecule has 0 spiro atoms. The third-order valence-electron chi connectivity index (χ3n) is 8.49. The Hall–Kier alpha value is -4.93. The van der Waals surface area contributed by atoms with Gasteiger partial charge in [0.1, 0.15) is 5.58 Å². The normalized spacial score (nSPS) is 12.9. The van der Waals surface area contributed by atoms with Gasteiger partial charge in [-0.25, -0.2) is 0 Å². The van der Waals surface area contributed by atoms with Gasteiger partial charge in [-0.3, -0.25) is 0 Å². The van der Waals surface area contributed by atoms with E-state index >= 15 is 0 Å². The van der Waals surface area contributed by atoms with Crippen molar-refractivity contribution in [1.29, 1.82) is 0 Å². The fourth-order valence-electron chi connectivity index (χ4n) is 6.92. The van der Waals surface area contributed by atoms with Gasteiger partial charge in [0.25, 0.3) is 0 Å². The highest BCUT2D eigenvalue weighted by Gasteiger charge is 2.27. The highest BCUT2D eigenvalue weighted by atomic mass is 32.2. The second-order valence-corrected chi connectivity index (χ2v) is 11.6. The number of hydrogen-bond donors (Lipinski definition) is 0. The summed E-state index contributed by atoms with van der Waals surface area (Å²) in [5.41, 5.74) is 9.07. The summed E-state index contributed by atoms with van der Waals surface area (Å²) >= 11 is 1.87. The van der Waals surface area contributed by atoms with E-state index in [-0.39, 0.29) is 0 Å². The Balaban J connectivity index is 1.46. The molecule has 0 atom stereocenters. The van der Waals surface area contributed by atoms with Crippen molar-refractivity contribution in [3.63, 3.8) is 0 Å². The van der Waals surface area contributed by atoms with Crippen LogP contribution >= 0.6 is 11.8 Å². The average molecular weight is 529 g/mol. The molecule has 1 aliphatic rings. The Morgan fingerprint density at radius 1 is 0.475 bits per heavy atom. The maximum Gasteiger partial charge on any atom is 0.159 e. The van der Waals surface area contributed by atoms with Crippen molar-refractivity contribution in [3.8, 4) is 11.4 Å². The van der Waals surface area contributed by atoms with E-state index < -0.39 is 0 Å². The number of fused-ring (bicyclic) bond motifs is 12. The SMILES string of the molecule is c1ccc2c(c1)Sc1cc3c(c4ccccc4n3-c3cccc4c3oc3ccccc34)c3c4ccccc4n-2c13. The largest absolute Gasteiger partial charge is 0.454 e. The van der Waals surface area contributed by atoms with Gasteiger partial charge in [0, 0.05) is 42.1 Å². The number of aromatic nitrogens is 2. The molecule has 0 saturated carbocycles. The Bertz CT molecular complexity index is 2530. The monoisotopic (exact) mass is 528 g/mol. The summed E-state index contributed by atoms with van der Waals surface area (Å²) < 4.78 is 11.4. The number of para-hydroxylation sites is 5. The lowest BCUT2D eigenvalue weighted by Gasteiger charge is -2.20. The second-order valence-electron chi connectivity index (χ2n) is 10.5. The van der Waals surface area contributed by atoms with Crippen LogP contribution in [0.2, 0.25) is 0 Å². The zero-order chi connectivity index (χ0) is 25.9. The van der Waals surface area contributed by atoms with Crippen LogP contribution in [0.3, 0.4) is 0 Å². The molecule has 0 fully saturated rings. The van der Waals surface area contributed by atoms with Crippen molar-refractivity contribution in [3.05, 3.63) is 121 Å². The summed E-state index contributed by atoms with van der Waals surface area (Å²) in [4.78, 5) is 2.55. The summed E-state index contributed by atoms with van der Waals surface area (Å²) in [5.74, 6) is 0. The lowest BCUT2D eigenvalue weighted by molar-refractivity contribution is 0.666. The molecule has 4 heterocycles. The van der Waals surface area contributed by atoms with Gasteiger partial charge in [-0.15, -0.1) is 0 Å². The molecule has 3 nitrogen and oxygen atoms in total. The lowest BCUT2D eigenvalue weighted by Crippen LogP contribution is -2.01. The molecule has 0 bridgehead atoms. The van der Waals surface area contributed by atoms with E-state index in [2.05, 4.69) is 124 Å². The van der Waals surface area contributed by atoms with Gasteiger partial charge in [-0.05, 0) is 42.5 Å². The van der Waals surface area contributed by atoms with Crippen LogP contribution in [0.4, 0.5) is 0 Å². The molecule has 0 radical (unpaired) electrons. The molecule has 0 N–H and O–H groups in total. The predicted octanol–water partition coefficient (Wildman–Crippen LogP) is 10.2. The molecule has 186 valence electrons. The van der Waals surface area contributed by atoms with Gasteiger partial charge in [0.15, 0.2) is 5.58 Å². The van der Waals surface area contributed by atoms with E-state index in [1.807, 2.05) is 17.8 Å². The maximum absolute atomic E-state index is 6.55. The van der Waals surface area contributed by atoms with Crippen molar-refractivity contribution in [2.75, 3.05) is 0 Å². The molecule has 3 aromatic heterocycles. The molecule has 10 rings (SSSR count). The lowest BCUT2D eigenvalue weighted by atomic mass is 10.1. The minimum Gasteiger partial charge on any atom is -0.454 e. The highest BCUT2D eigenvalue weighted by molar-refractivity contribution is 7.99. The first-order chi connectivity index (χ1) is 19.9. The zero-order valence-electron chi connectivity index (χ0n) is 21.3. The molecule has 0 amide bonds. The molecule has 0 saturated heterocycles. The standard InChI is InChI=1S/C36H20N2OS/c1-4-14-25-23(11-1)33-29(37(25)28-17-9-13-22-21-10-3-7-18-30(21)39-36(22)28)20-32-35-34(33)24-12-2-5-15-26(24)38(35)27-16-6-8-19-31(27)40-32/h1-20H. The molecule has 0 unspecified atom stereocenters.